The Morgan fingerprint density at radius 2 is 1.90 bits per heavy atom. The molecular formula is C14H21N3O3. The molecule has 1 rings (SSSR count). The van der Waals surface area contributed by atoms with E-state index in [-0.39, 0.29) is 12.5 Å². The van der Waals surface area contributed by atoms with Gasteiger partial charge in [-0.1, -0.05) is 18.2 Å². The SMILES string of the molecule is COCC(=O)N(c1c(C)cccc1C)C(C)C(=O)NN. The number of benzene rings is 1. The van der Waals surface area contributed by atoms with E-state index in [2.05, 4.69) is 5.43 Å². The zero-order valence-corrected chi connectivity index (χ0v) is 12.3. The predicted molar refractivity (Wildman–Crippen MR) is 77.1 cm³/mol. The van der Waals surface area contributed by atoms with E-state index < -0.39 is 11.9 Å². The molecule has 6 nitrogen and oxygen atoms in total. The number of carbonyl (C=O) groups is 2. The van der Waals surface area contributed by atoms with Crippen molar-refractivity contribution in [3.8, 4) is 0 Å². The lowest BCUT2D eigenvalue weighted by Crippen LogP contribution is -2.51. The molecule has 0 aromatic heterocycles. The number of hydrogen-bond donors (Lipinski definition) is 2. The van der Waals surface area contributed by atoms with Crippen molar-refractivity contribution in [2.24, 2.45) is 5.84 Å². The van der Waals surface area contributed by atoms with Crippen LogP contribution in [0.3, 0.4) is 0 Å². The fraction of sp³-hybridized carbons (Fsp3) is 0.429. The smallest absolute Gasteiger partial charge is 0.256 e. The molecule has 3 N–H and O–H groups in total. The van der Waals surface area contributed by atoms with E-state index in [9.17, 15) is 9.59 Å². The molecule has 0 fully saturated rings. The molecule has 0 heterocycles. The van der Waals surface area contributed by atoms with Gasteiger partial charge in [0.2, 0.25) is 0 Å². The maximum Gasteiger partial charge on any atom is 0.256 e. The van der Waals surface area contributed by atoms with Gasteiger partial charge in [-0.25, -0.2) is 5.84 Å². The lowest BCUT2D eigenvalue weighted by atomic mass is 10.1. The Kier molecular flexibility index (Phi) is 5.66. The van der Waals surface area contributed by atoms with E-state index in [0.717, 1.165) is 11.1 Å². The minimum absolute atomic E-state index is 0.101. The number of nitrogens with one attached hydrogen (secondary N) is 1. The highest BCUT2D eigenvalue weighted by molar-refractivity contribution is 6.02. The maximum absolute atomic E-state index is 12.3. The molecule has 0 saturated heterocycles. The van der Waals surface area contributed by atoms with E-state index in [1.165, 1.54) is 12.0 Å². The summed E-state index contributed by atoms with van der Waals surface area (Å²) >= 11 is 0. The van der Waals surface area contributed by atoms with Crippen LogP contribution in [0, 0.1) is 13.8 Å². The molecular weight excluding hydrogens is 258 g/mol. The van der Waals surface area contributed by atoms with Gasteiger partial charge < -0.3 is 4.74 Å². The third kappa shape index (κ3) is 3.34. The van der Waals surface area contributed by atoms with Crippen LogP contribution in [-0.2, 0) is 14.3 Å². The zero-order valence-electron chi connectivity index (χ0n) is 12.3. The summed E-state index contributed by atoms with van der Waals surface area (Å²) in [6.07, 6.45) is 0. The number of amides is 2. The molecule has 0 bridgehead atoms. The number of carbonyl (C=O) groups excluding carboxylic acids is 2. The van der Waals surface area contributed by atoms with E-state index in [1.807, 2.05) is 32.0 Å². The molecule has 2 amide bonds. The number of methoxy groups -OCH3 is 1. The van der Waals surface area contributed by atoms with Crippen LogP contribution in [0.25, 0.3) is 0 Å². The standard InChI is InChI=1S/C14H21N3O3/c1-9-6-5-7-10(2)13(9)17(12(18)8-20-4)11(3)14(19)16-15/h5-7,11H,8,15H2,1-4H3,(H,16,19). The molecule has 0 radical (unpaired) electrons. The van der Waals surface area contributed by atoms with Gasteiger partial charge in [0.1, 0.15) is 12.6 Å². The Bertz CT molecular complexity index is 482. The first kappa shape index (κ1) is 16.1. The lowest BCUT2D eigenvalue weighted by Gasteiger charge is -2.30. The molecule has 1 unspecified atom stereocenters. The Labute approximate surface area is 118 Å². The highest BCUT2D eigenvalue weighted by Gasteiger charge is 2.28. The second-order valence-electron chi connectivity index (χ2n) is 4.62. The number of rotatable bonds is 5. The van der Waals surface area contributed by atoms with Crippen LogP contribution < -0.4 is 16.2 Å². The van der Waals surface area contributed by atoms with Gasteiger partial charge in [0, 0.05) is 7.11 Å². The van der Waals surface area contributed by atoms with Gasteiger partial charge in [-0.2, -0.15) is 0 Å². The zero-order chi connectivity index (χ0) is 15.3. The topological polar surface area (TPSA) is 84.7 Å². The number of hydrazine groups is 1. The largest absolute Gasteiger partial charge is 0.375 e. The Hall–Kier alpha value is -1.92. The summed E-state index contributed by atoms with van der Waals surface area (Å²) < 4.78 is 4.90. The van der Waals surface area contributed by atoms with E-state index in [0.29, 0.717) is 5.69 Å². The molecule has 1 aromatic carbocycles. The van der Waals surface area contributed by atoms with Gasteiger partial charge in [-0.3, -0.25) is 19.9 Å². The van der Waals surface area contributed by atoms with Crippen LogP contribution in [0.4, 0.5) is 5.69 Å². The van der Waals surface area contributed by atoms with Gasteiger partial charge in [-0.05, 0) is 31.9 Å². The summed E-state index contributed by atoms with van der Waals surface area (Å²) in [7, 11) is 1.44. The van der Waals surface area contributed by atoms with Crippen molar-refractivity contribution < 1.29 is 14.3 Å². The summed E-state index contributed by atoms with van der Waals surface area (Å²) in [6.45, 7) is 5.31. The number of hydrogen-bond acceptors (Lipinski definition) is 4. The Balaban J connectivity index is 3.30. The van der Waals surface area contributed by atoms with Gasteiger partial charge >= 0.3 is 0 Å². The van der Waals surface area contributed by atoms with Gasteiger partial charge in [0.05, 0.1) is 5.69 Å². The number of aryl methyl sites for hydroxylation is 2. The van der Waals surface area contributed by atoms with Crippen molar-refractivity contribution in [1.82, 2.24) is 5.43 Å². The number of anilines is 1. The van der Waals surface area contributed by atoms with Crippen LogP contribution in [0.1, 0.15) is 18.1 Å². The van der Waals surface area contributed by atoms with E-state index >= 15 is 0 Å². The fourth-order valence-electron chi connectivity index (χ4n) is 2.15. The quantitative estimate of drug-likeness (QED) is 0.471. The van der Waals surface area contributed by atoms with Gasteiger partial charge in [0.15, 0.2) is 0 Å². The van der Waals surface area contributed by atoms with Crippen molar-refractivity contribution in [1.29, 1.82) is 0 Å². The molecule has 6 heteroatoms. The summed E-state index contributed by atoms with van der Waals surface area (Å²) in [4.78, 5) is 25.5. The van der Waals surface area contributed by atoms with Crippen LogP contribution in [0.15, 0.2) is 18.2 Å². The number of nitrogens with two attached hydrogens (primary N) is 1. The first-order valence-corrected chi connectivity index (χ1v) is 6.31. The summed E-state index contributed by atoms with van der Waals surface area (Å²) in [5, 5.41) is 0. The molecule has 0 saturated carbocycles. The summed E-state index contributed by atoms with van der Waals surface area (Å²) in [5.41, 5.74) is 4.61. The Morgan fingerprint density at radius 1 is 1.35 bits per heavy atom. The lowest BCUT2D eigenvalue weighted by molar-refractivity contribution is -0.127. The molecule has 0 aliphatic rings. The third-order valence-electron chi connectivity index (χ3n) is 3.13. The monoisotopic (exact) mass is 279 g/mol. The summed E-state index contributed by atoms with van der Waals surface area (Å²) in [6, 6.07) is 4.97. The van der Waals surface area contributed by atoms with Gasteiger partial charge in [0.25, 0.3) is 11.8 Å². The highest BCUT2D eigenvalue weighted by atomic mass is 16.5. The van der Waals surface area contributed by atoms with E-state index in [1.54, 1.807) is 6.92 Å². The molecule has 0 aliphatic carbocycles. The van der Waals surface area contributed by atoms with Crippen molar-refractivity contribution in [2.75, 3.05) is 18.6 Å². The summed E-state index contributed by atoms with van der Waals surface area (Å²) in [5.74, 6) is 4.45. The van der Waals surface area contributed by atoms with Crippen LogP contribution in [0.2, 0.25) is 0 Å². The van der Waals surface area contributed by atoms with Crippen molar-refractivity contribution in [2.45, 2.75) is 26.8 Å². The number of nitrogens with zero attached hydrogens (tertiary/aromatic N) is 1. The second kappa shape index (κ2) is 7.02. The van der Waals surface area contributed by atoms with Gasteiger partial charge in [-0.15, -0.1) is 0 Å². The molecule has 1 atom stereocenters. The average molecular weight is 279 g/mol. The molecule has 110 valence electrons. The highest BCUT2D eigenvalue weighted by Crippen LogP contribution is 2.26. The first-order chi connectivity index (χ1) is 9.43. The number of para-hydroxylation sites is 1. The minimum atomic E-state index is -0.720. The predicted octanol–water partition coefficient (Wildman–Crippen LogP) is 0.661. The molecule has 1 aromatic rings. The van der Waals surface area contributed by atoms with Crippen LogP contribution in [-0.4, -0.2) is 31.6 Å². The molecule has 0 spiro atoms. The van der Waals surface area contributed by atoms with Crippen molar-refractivity contribution in [3.63, 3.8) is 0 Å². The van der Waals surface area contributed by atoms with E-state index in [4.69, 9.17) is 10.6 Å². The van der Waals surface area contributed by atoms with Crippen molar-refractivity contribution >= 4 is 17.5 Å². The van der Waals surface area contributed by atoms with Crippen LogP contribution in [0.5, 0.6) is 0 Å². The minimum Gasteiger partial charge on any atom is -0.375 e. The average Bonchev–Trinajstić information content (AvgIpc) is 2.41. The van der Waals surface area contributed by atoms with Crippen molar-refractivity contribution in [3.05, 3.63) is 29.3 Å². The second-order valence-corrected chi connectivity index (χ2v) is 4.62. The normalized spacial score (nSPS) is 11.8. The molecule has 0 aliphatic heterocycles. The third-order valence-corrected chi connectivity index (χ3v) is 3.13. The number of ether oxygens (including phenoxy) is 1. The first-order valence-electron chi connectivity index (χ1n) is 6.31. The fourth-order valence-corrected chi connectivity index (χ4v) is 2.15. The van der Waals surface area contributed by atoms with Crippen LogP contribution >= 0.6 is 0 Å². The molecule has 20 heavy (non-hydrogen) atoms. The maximum atomic E-state index is 12.3. The Morgan fingerprint density at radius 3 is 2.35 bits per heavy atom.